The minimum Gasteiger partial charge on any atom is -0.304 e. The molecule has 0 N–H and O–H groups in total. The third kappa shape index (κ3) is 3.00. The Morgan fingerprint density at radius 3 is 1.56 bits per heavy atom. The van der Waals surface area contributed by atoms with Crippen molar-refractivity contribution >= 4 is 0 Å². The van der Waals surface area contributed by atoms with E-state index in [0.29, 0.717) is 6.04 Å². The Balaban J connectivity index is 0.00000225. The predicted octanol–water partition coefficient (Wildman–Crippen LogP) is 4.14. The molecule has 0 aliphatic heterocycles. The average molecular weight is 227 g/mol. The fourth-order valence-corrected chi connectivity index (χ4v) is 3.09. The fraction of sp³-hybridized carbons (Fsp3) is 1.00. The van der Waals surface area contributed by atoms with Gasteiger partial charge in [-0.25, -0.2) is 0 Å². The second-order valence-electron chi connectivity index (χ2n) is 6.13. The van der Waals surface area contributed by atoms with Crippen molar-refractivity contribution in [1.82, 2.24) is 4.90 Å². The monoisotopic (exact) mass is 227 g/mol. The maximum atomic E-state index is 2.50. The Morgan fingerprint density at radius 1 is 0.875 bits per heavy atom. The smallest absolute Gasteiger partial charge is 0.00356 e. The summed E-state index contributed by atoms with van der Waals surface area (Å²) in [6, 6.07) is 0.676. The quantitative estimate of drug-likeness (QED) is 0.700. The first-order valence-electron chi connectivity index (χ1n) is 6.56. The van der Waals surface area contributed by atoms with Gasteiger partial charge >= 0.3 is 0 Å². The molecule has 0 bridgehead atoms. The third-order valence-electron chi connectivity index (χ3n) is 5.22. The Kier molecular flexibility index (Phi) is 6.03. The van der Waals surface area contributed by atoms with Crippen LogP contribution in [-0.4, -0.2) is 24.5 Å². The molecule has 0 spiro atoms. The van der Waals surface area contributed by atoms with Gasteiger partial charge in [0.05, 0.1) is 0 Å². The molecule has 0 aromatic rings. The first-order valence-corrected chi connectivity index (χ1v) is 6.56. The van der Waals surface area contributed by atoms with Crippen molar-refractivity contribution < 1.29 is 0 Å². The van der Waals surface area contributed by atoms with Crippen molar-refractivity contribution in [2.75, 3.05) is 13.6 Å². The van der Waals surface area contributed by atoms with Crippen molar-refractivity contribution in [3.63, 3.8) is 0 Å². The molecule has 1 aliphatic carbocycles. The molecule has 0 saturated heterocycles. The normalized spacial score (nSPS) is 39.2. The van der Waals surface area contributed by atoms with Gasteiger partial charge in [-0.2, -0.15) is 0 Å². The van der Waals surface area contributed by atoms with Crippen LogP contribution < -0.4 is 0 Å². The maximum Gasteiger partial charge on any atom is 0.00356 e. The van der Waals surface area contributed by atoms with Gasteiger partial charge in [-0.3, -0.25) is 0 Å². The van der Waals surface area contributed by atoms with Crippen LogP contribution in [0.1, 0.15) is 49.0 Å². The van der Waals surface area contributed by atoms with E-state index < -0.39 is 0 Å². The summed E-state index contributed by atoms with van der Waals surface area (Å²) in [5, 5.41) is 0. The van der Waals surface area contributed by atoms with E-state index in [9.17, 15) is 0 Å². The number of hydrogen-bond acceptors (Lipinski definition) is 1. The molecular weight excluding hydrogens is 194 g/mol. The zero-order chi connectivity index (χ0) is 11.7. The molecule has 0 aromatic carbocycles. The molecule has 1 fully saturated rings. The van der Waals surface area contributed by atoms with E-state index in [1.165, 1.54) is 6.54 Å². The summed E-state index contributed by atoms with van der Waals surface area (Å²) >= 11 is 0. The topological polar surface area (TPSA) is 3.24 Å². The molecule has 4 unspecified atom stereocenters. The lowest BCUT2D eigenvalue weighted by Crippen LogP contribution is -2.34. The van der Waals surface area contributed by atoms with E-state index in [2.05, 4.69) is 53.5 Å². The third-order valence-corrected chi connectivity index (χ3v) is 5.22. The highest BCUT2D eigenvalue weighted by Crippen LogP contribution is 2.45. The second-order valence-corrected chi connectivity index (χ2v) is 6.13. The van der Waals surface area contributed by atoms with Crippen LogP contribution in [0.25, 0.3) is 0 Å². The zero-order valence-electron chi connectivity index (χ0n) is 11.6. The fourth-order valence-electron chi connectivity index (χ4n) is 3.09. The molecule has 4 atom stereocenters. The molecule has 98 valence electrons. The first kappa shape index (κ1) is 16.0. The predicted molar refractivity (Wildman–Crippen MR) is 74.6 cm³/mol. The van der Waals surface area contributed by atoms with Crippen molar-refractivity contribution in [1.29, 1.82) is 0 Å². The molecule has 1 aliphatic rings. The van der Waals surface area contributed by atoms with Crippen molar-refractivity contribution in [3.05, 3.63) is 0 Å². The Bertz CT molecular complexity index is 186. The SMILES string of the molecule is C.CC1C(C)C(C)C(CN(C)C(C)C)C1C. The standard InChI is InChI=1S/C14H29N.CH4/c1-9(2)15(7)8-14-12(5)10(3)11(4)13(14)6;/h9-14H,8H2,1-7H3;1H4. The van der Waals surface area contributed by atoms with Crippen LogP contribution in [0.4, 0.5) is 0 Å². The molecule has 0 heterocycles. The van der Waals surface area contributed by atoms with Gasteiger partial charge in [0.25, 0.3) is 0 Å². The summed E-state index contributed by atoms with van der Waals surface area (Å²) in [5.74, 6) is 4.45. The highest BCUT2D eigenvalue weighted by atomic mass is 15.1. The summed E-state index contributed by atoms with van der Waals surface area (Å²) in [5.41, 5.74) is 0. The van der Waals surface area contributed by atoms with Gasteiger partial charge in [-0.05, 0) is 50.5 Å². The van der Waals surface area contributed by atoms with E-state index in [4.69, 9.17) is 0 Å². The molecule has 0 amide bonds. The summed E-state index contributed by atoms with van der Waals surface area (Å²) < 4.78 is 0. The molecule has 1 rings (SSSR count). The van der Waals surface area contributed by atoms with Gasteiger partial charge in [0.15, 0.2) is 0 Å². The van der Waals surface area contributed by atoms with E-state index >= 15 is 0 Å². The van der Waals surface area contributed by atoms with Crippen molar-refractivity contribution in [2.24, 2.45) is 29.6 Å². The second kappa shape index (κ2) is 6.05. The minimum absolute atomic E-state index is 0. The Morgan fingerprint density at radius 2 is 1.25 bits per heavy atom. The van der Waals surface area contributed by atoms with Gasteiger partial charge in [-0.15, -0.1) is 0 Å². The van der Waals surface area contributed by atoms with E-state index in [1.807, 2.05) is 0 Å². The van der Waals surface area contributed by atoms with Crippen LogP contribution in [0.2, 0.25) is 0 Å². The minimum atomic E-state index is 0. The van der Waals surface area contributed by atoms with Crippen LogP contribution in [0.15, 0.2) is 0 Å². The Hall–Kier alpha value is -0.0400. The van der Waals surface area contributed by atoms with Gasteiger partial charge in [-0.1, -0.05) is 35.1 Å². The lowest BCUT2D eigenvalue weighted by atomic mass is 9.89. The molecular formula is C15H33N. The van der Waals surface area contributed by atoms with Gasteiger partial charge < -0.3 is 4.90 Å². The number of nitrogens with zero attached hydrogens (tertiary/aromatic N) is 1. The van der Waals surface area contributed by atoms with Crippen LogP contribution >= 0.6 is 0 Å². The largest absolute Gasteiger partial charge is 0.304 e. The highest BCUT2D eigenvalue weighted by Gasteiger charge is 2.41. The molecule has 0 radical (unpaired) electrons. The number of hydrogen-bond donors (Lipinski definition) is 0. The lowest BCUT2D eigenvalue weighted by molar-refractivity contribution is 0.178. The van der Waals surface area contributed by atoms with Crippen LogP contribution in [-0.2, 0) is 0 Å². The van der Waals surface area contributed by atoms with Crippen molar-refractivity contribution in [3.8, 4) is 0 Å². The first-order chi connectivity index (χ1) is 6.86. The Labute approximate surface area is 104 Å². The van der Waals surface area contributed by atoms with Gasteiger partial charge in [0, 0.05) is 12.6 Å². The summed E-state index contributed by atoms with van der Waals surface area (Å²) in [7, 11) is 2.26. The number of rotatable bonds is 3. The lowest BCUT2D eigenvalue weighted by Gasteiger charge is -2.29. The average Bonchev–Trinajstić information content (AvgIpc) is 2.35. The van der Waals surface area contributed by atoms with Crippen LogP contribution in [0.5, 0.6) is 0 Å². The van der Waals surface area contributed by atoms with E-state index in [-0.39, 0.29) is 7.43 Å². The summed E-state index contributed by atoms with van der Waals surface area (Å²) in [6.45, 7) is 15.6. The zero-order valence-corrected chi connectivity index (χ0v) is 11.6. The maximum absolute atomic E-state index is 2.50. The molecule has 1 heteroatoms. The van der Waals surface area contributed by atoms with Gasteiger partial charge in [0.2, 0.25) is 0 Å². The molecule has 16 heavy (non-hydrogen) atoms. The van der Waals surface area contributed by atoms with Crippen molar-refractivity contribution in [2.45, 2.75) is 55.0 Å². The summed E-state index contributed by atoms with van der Waals surface area (Å²) in [6.07, 6.45) is 0. The van der Waals surface area contributed by atoms with Gasteiger partial charge in [0.1, 0.15) is 0 Å². The summed E-state index contributed by atoms with van der Waals surface area (Å²) in [4.78, 5) is 2.50. The van der Waals surface area contributed by atoms with Crippen LogP contribution in [0, 0.1) is 29.6 Å². The highest BCUT2D eigenvalue weighted by molar-refractivity contribution is 4.90. The van der Waals surface area contributed by atoms with Crippen LogP contribution in [0.3, 0.4) is 0 Å². The molecule has 0 aromatic heterocycles. The molecule has 1 saturated carbocycles. The van der Waals surface area contributed by atoms with E-state index in [0.717, 1.165) is 29.6 Å². The molecule has 1 nitrogen and oxygen atoms in total. The van der Waals surface area contributed by atoms with E-state index in [1.54, 1.807) is 0 Å².